The lowest BCUT2D eigenvalue weighted by Crippen LogP contribution is -2.29. The minimum absolute atomic E-state index is 0.0289. The minimum Gasteiger partial charge on any atom is -0.481 e. The molecular weight excluding hydrogens is 428 g/mol. The summed E-state index contributed by atoms with van der Waals surface area (Å²) in [7, 11) is -7.88. The Kier molecular flexibility index (Phi) is 14.0. The number of amides is 1. The van der Waals surface area contributed by atoms with E-state index in [0.717, 1.165) is 0 Å². The first-order valence-corrected chi connectivity index (χ1v) is 10.7. The van der Waals surface area contributed by atoms with E-state index in [1.807, 2.05) is 0 Å². The van der Waals surface area contributed by atoms with E-state index in [2.05, 4.69) is 10.1 Å². The number of esters is 2. The highest BCUT2D eigenvalue weighted by molar-refractivity contribution is 7.86. The van der Waals surface area contributed by atoms with Gasteiger partial charge >= 0.3 is 17.9 Å². The highest BCUT2D eigenvalue weighted by Crippen LogP contribution is 2.03. The lowest BCUT2D eigenvalue weighted by Gasteiger charge is -2.01. The van der Waals surface area contributed by atoms with Crippen LogP contribution in [0, 0.1) is 0 Å². The number of hydrogen-bond acceptors (Lipinski definition) is 10. The van der Waals surface area contributed by atoms with Crippen molar-refractivity contribution in [2.24, 2.45) is 5.73 Å². The van der Waals surface area contributed by atoms with E-state index in [-0.39, 0.29) is 44.5 Å². The molecule has 0 aromatic rings. The van der Waals surface area contributed by atoms with Crippen LogP contribution in [0.3, 0.4) is 0 Å². The molecule has 0 atom stereocenters. The van der Waals surface area contributed by atoms with Crippen LogP contribution < -0.4 is 11.1 Å². The maximum atomic E-state index is 10.8. The first kappa shape index (κ1) is 28.1. The van der Waals surface area contributed by atoms with E-state index in [1.165, 1.54) is 0 Å². The van der Waals surface area contributed by atoms with Crippen LogP contribution in [0.15, 0.2) is 0 Å². The molecule has 1 aliphatic rings. The Morgan fingerprint density at radius 2 is 1.43 bits per heavy atom. The quantitative estimate of drug-likeness (QED) is 0.146. The summed E-state index contributed by atoms with van der Waals surface area (Å²) >= 11 is 0. The summed E-state index contributed by atoms with van der Waals surface area (Å²) in [6.07, 6.45) is 0.0101. The van der Waals surface area contributed by atoms with Gasteiger partial charge in [-0.2, -0.15) is 16.8 Å². The lowest BCUT2D eigenvalue weighted by atomic mass is 10.3. The van der Waals surface area contributed by atoms with Crippen LogP contribution in [0.5, 0.6) is 0 Å². The van der Waals surface area contributed by atoms with E-state index in [4.69, 9.17) is 19.9 Å². The molecule has 1 aliphatic heterocycles. The summed E-state index contributed by atoms with van der Waals surface area (Å²) in [4.78, 5) is 40.8. The van der Waals surface area contributed by atoms with Crippen molar-refractivity contribution in [1.29, 1.82) is 0 Å². The number of cyclic esters (lactones) is 2. The topological polar surface area (TPSA) is 245 Å². The van der Waals surface area contributed by atoms with Crippen molar-refractivity contribution in [3.63, 3.8) is 0 Å². The van der Waals surface area contributed by atoms with Gasteiger partial charge < -0.3 is 20.9 Å². The van der Waals surface area contributed by atoms with Crippen molar-refractivity contribution >= 4 is 44.1 Å². The van der Waals surface area contributed by atoms with Crippen molar-refractivity contribution < 1.29 is 55.0 Å². The van der Waals surface area contributed by atoms with E-state index < -0.39 is 49.8 Å². The Morgan fingerprint density at radius 1 is 0.964 bits per heavy atom. The van der Waals surface area contributed by atoms with Crippen LogP contribution in [-0.4, -0.2) is 79.5 Å². The standard InChI is InChI=1S/C6H11NO6S.C4H4O3.C2H7NO3S/c8-5(1-2-6(9)10)7-3-4-14(11,12)13;5-3-1-2-4(6)7-3;3-1-2-7(4,5)6/h1-4H2,(H,7,8)(H,9,10)(H,11,12,13);1-2H2;1-3H2,(H,4,5,6). The summed E-state index contributed by atoms with van der Waals surface area (Å²) in [5, 5.41) is 10.4. The molecule has 0 saturated carbocycles. The van der Waals surface area contributed by atoms with Crippen molar-refractivity contribution in [3.05, 3.63) is 0 Å². The molecule has 0 bridgehead atoms. The molecule has 0 spiro atoms. The molecule has 6 N–H and O–H groups in total. The van der Waals surface area contributed by atoms with Gasteiger partial charge in [0.2, 0.25) is 5.91 Å². The fourth-order valence-electron chi connectivity index (χ4n) is 1.21. The van der Waals surface area contributed by atoms with E-state index >= 15 is 0 Å². The number of carbonyl (C=O) groups excluding carboxylic acids is 3. The van der Waals surface area contributed by atoms with Crippen LogP contribution in [0.1, 0.15) is 25.7 Å². The third kappa shape index (κ3) is 23.9. The number of nitrogens with one attached hydrogen (secondary N) is 1. The average molecular weight is 450 g/mol. The molecule has 1 amide bonds. The molecule has 1 fully saturated rings. The number of aliphatic carboxylic acids is 1. The molecule has 1 rings (SSSR count). The highest BCUT2D eigenvalue weighted by atomic mass is 32.2. The average Bonchev–Trinajstić information content (AvgIpc) is 2.87. The number of nitrogens with two attached hydrogens (primary N) is 1. The second-order valence-corrected chi connectivity index (χ2v) is 8.09. The van der Waals surface area contributed by atoms with Crippen LogP contribution >= 0.6 is 0 Å². The van der Waals surface area contributed by atoms with Crippen molar-refractivity contribution in [2.75, 3.05) is 24.6 Å². The molecule has 14 nitrogen and oxygen atoms in total. The zero-order valence-electron chi connectivity index (χ0n) is 14.6. The van der Waals surface area contributed by atoms with Crippen molar-refractivity contribution in [1.82, 2.24) is 5.32 Å². The summed E-state index contributed by atoms with van der Waals surface area (Å²) in [6.45, 7) is -0.254. The number of carbonyl (C=O) groups is 4. The lowest BCUT2D eigenvalue weighted by molar-refractivity contribution is -0.152. The first-order valence-electron chi connectivity index (χ1n) is 7.48. The fourth-order valence-corrected chi connectivity index (χ4v) is 1.87. The summed E-state index contributed by atoms with van der Waals surface area (Å²) in [6, 6.07) is 0. The summed E-state index contributed by atoms with van der Waals surface area (Å²) in [5.74, 6) is -3.39. The van der Waals surface area contributed by atoms with Gasteiger partial charge in [-0.15, -0.1) is 0 Å². The third-order valence-electron chi connectivity index (χ3n) is 2.38. The molecule has 0 aromatic heterocycles. The molecule has 1 heterocycles. The molecule has 16 heteroatoms. The summed E-state index contributed by atoms with van der Waals surface area (Å²) in [5.41, 5.74) is 4.78. The number of rotatable bonds is 8. The van der Waals surface area contributed by atoms with Gasteiger partial charge in [0, 0.05) is 19.5 Å². The van der Waals surface area contributed by atoms with Gasteiger partial charge in [0.25, 0.3) is 20.2 Å². The van der Waals surface area contributed by atoms with Crippen LogP contribution in [0.25, 0.3) is 0 Å². The Bertz CT molecular complexity index is 731. The third-order valence-corrected chi connectivity index (χ3v) is 3.86. The van der Waals surface area contributed by atoms with Gasteiger partial charge in [-0.3, -0.25) is 28.3 Å². The van der Waals surface area contributed by atoms with Gasteiger partial charge in [-0.05, 0) is 0 Å². The van der Waals surface area contributed by atoms with E-state index in [9.17, 15) is 36.0 Å². The van der Waals surface area contributed by atoms with Gasteiger partial charge in [0.15, 0.2) is 0 Å². The number of carboxylic acid groups (broad SMARTS) is 1. The second-order valence-electron chi connectivity index (χ2n) is 4.95. The van der Waals surface area contributed by atoms with Crippen LogP contribution in [-0.2, 0) is 44.2 Å². The monoisotopic (exact) mass is 450 g/mol. The fraction of sp³-hybridized carbons (Fsp3) is 0.667. The van der Waals surface area contributed by atoms with E-state index in [0.29, 0.717) is 0 Å². The van der Waals surface area contributed by atoms with Gasteiger partial charge in [-0.1, -0.05) is 0 Å². The zero-order chi connectivity index (χ0) is 22.4. The molecule has 28 heavy (non-hydrogen) atoms. The molecule has 0 radical (unpaired) electrons. The molecule has 0 aromatic carbocycles. The number of hydrogen-bond donors (Lipinski definition) is 5. The summed E-state index contributed by atoms with van der Waals surface area (Å²) < 4.78 is 60.1. The van der Waals surface area contributed by atoms with Crippen molar-refractivity contribution in [2.45, 2.75) is 25.7 Å². The molecular formula is C12H22N2O12S2. The Balaban J connectivity index is 0. The Labute approximate surface area is 160 Å². The first-order chi connectivity index (χ1) is 12.7. The van der Waals surface area contributed by atoms with Gasteiger partial charge in [0.05, 0.1) is 30.8 Å². The number of ether oxygens (including phenoxy) is 1. The molecule has 0 unspecified atom stereocenters. The predicted octanol–water partition coefficient (Wildman–Crippen LogP) is -2.46. The van der Waals surface area contributed by atoms with Crippen LogP contribution in [0.4, 0.5) is 0 Å². The van der Waals surface area contributed by atoms with Gasteiger partial charge in [-0.25, -0.2) is 0 Å². The maximum Gasteiger partial charge on any atom is 0.314 e. The zero-order valence-corrected chi connectivity index (χ0v) is 16.2. The predicted molar refractivity (Wildman–Crippen MR) is 92.1 cm³/mol. The van der Waals surface area contributed by atoms with E-state index in [1.54, 1.807) is 0 Å². The maximum absolute atomic E-state index is 10.8. The van der Waals surface area contributed by atoms with Gasteiger partial charge in [0.1, 0.15) is 0 Å². The van der Waals surface area contributed by atoms with Crippen molar-refractivity contribution in [3.8, 4) is 0 Å². The highest BCUT2D eigenvalue weighted by Gasteiger charge is 2.19. The molecule has 164 valence electrons. The largest absolute Gasteiger partial charge is 0.481 e. The Morgan fingerprint density at radius 3 is 1.68 bits per heavy atom. The Hall–Kier alpha value is -2.14. The normalized spacial score (nSPS) is 13.4. The molecule has 1 saturated heterocycles. The van der Waals surface area contributed by atoms with Crippen LogP contribution in [0.2, 0.25) is 0 Å². The second kappa shape index (κ2) is 13.9. The molecule has 0 aliphatic carbocycles. The number of carboxylic acids is 1. The minimum atomic E-state index is -4.08. The smallest absolute Gasteiger partial charge is 0.314 e. The SMILES string of the molecule is NCCS(=O)(=O)O.O=C(O)CCC(=O)NCCS(=O)(=O)O.O=C1CCC(=O)O1.